The van der Waals surface area contributed by atoms with Crippen molar-refractivity contribution < 1.29 is 9.50 Å². The summed E-state index contributed by atoms with van der Waals surface area (Å²) in [7, 11) is 0. The number of halogens is 1. The highest BCUT2D eigenvalue weighted by molar-refractivity contribution is 5.25. The Balaban J connectivity index is 1.59. The lowest BCUT2D eigenvalue weighted by molar-refractivity contribution is 0.180. The molecule has 25 heavy (non-hydrogen) atoms. The van der Waals surface area contributed by atoms with Crippen LogP contribution in [0.15, 0.2) is 48.5 Å². The number of hydrogen-bond acceptors (Lipinski definition) is 2. The topological polar surface area (TPSA) is 23.5 Å². The molecule has 1 aliphatic rings. The fourth-order valence-corrected chi connectivity index (χ4v) is 3.49. The number of rotatable bonds is 9. The molecule has 1 fully saturated rings. The third-order valence-electron chi connectivity index (χ3n) is 5.33. The lowest BCUT2D eigenvalue weighted by atomic mass is 9.85. The number of aliphatic hydroxyl groups is 1. The first kappa shape index (κ1) is 18.1. The average Bonchev–Trinajstić information content (AvgIpc) is 2.61. The van der Waals surface area contributed by atoms with Gasteiger partial charge in [-0.05, 0) is 42.7 Å². The summed E-state index contributed by atoms with van der Waals surface area (Å²) in [5.41, 5.74) is 2.46. The third-order valence-corrected chi connectivity index (χ3v) is 5.33. The predicted molar refractivity (Wildman–Crippen MR) is 100.0 cm³/mol. The standard InChI is InChI=1S/C22H28FNO/c23-22-20(10-5-11-21(22)17-25)13-15-24(16-19-8-4-9-19)14-12-18-6-2-1-3-7-18/h1-3,5-7,10-11,19,25H,4,8-9,12-17H2. The van der Waals surface area contributed by atoms with Crippen LogP contribution >= 0.6 is 0 Å². The van der Waals surface area contributed by atoms with Gasteiger partial charge in [-0.25, -0.2) is 4.39 Å². The zero-order valence-corrected chi connectivity index (χ0v) is 14.8. The second kappa shape index (κ2) is 9.12. The van der Waals surface area contributed by atoms with E-state index >= 15 is 0 Å². The van der Waals surface area contributed by atoms with E-state index in [0.717, 1.165) is 32.0 Å². The Hall–Kier alpha value is -1.71. The van der Waals surface area contributed by atoms with Crippen LogP contribution in [0.3, 0.4) is 0 Å². The van der Waals surface area contributed by atoms with Crippen molar-refractivity contribution in [3.8, 4) is 0 Å². The van der Waals surface area contributed by atoms with Crippen LogP contribution in [-0.4, -0.2) is 29.6 Å². The highest BCUT2D eigenvalue weighted by Crippen LogP contribution is 2.27. The smallest absolute Gasteiger partial charge is 0.131 e. The first-order valence-corrected chi connectivity index (χ1v) is 9.39. The zero-order chi connectivity index (χ0) is 17.5. The van der Waals surface area contributed by atoms with Crippen LogP contribution in [0.1, 0.15) is 36.0 Å². The maximum atomic E-state index is 14.3. The van der Waals surface area contributed by atoms with Crippen molar-refractivity contribution in [3.63, 3.8) is 0 Å². The first-order valence-electron chi connectivity index (χ1n) is 9.39. The first-order chi connectivity index (χ1) is 12.3. The molecular formula is C22H28FNO. The predicted octanol–water partition coefficient (Wildman–Crippen LogP) is 4.21. The highest BCUT2D eigenvalue weighted by atomic mass is 19.1. The molecule has 0 heterocycles. The number of benzene rings is 2. The lowest BCUT2D eigenvalue weighted by Crippen LogP contribution is -2.35. The van der Waals surface area contributed by atoms with E-state index in [2.05, 4.69) is 29.2 Å². The van der Waals surface area contributed by atoms with E-state index in [4.69, 9.17) is 0 Å². The van der Waals surface area contributed by atoms with Gasteiger partial charge in [-0.15, -0.1) is 0 Å². The van der Waals surface area contributed by atoms with E-state index in [-0.39, 0.29) is 12.4 Å². The Morgan fingerprint density at radius 2 is 1.64 bits per heavy atom. The van der Waals surface area contributed by atoms with E-state index in [1.807, 2.05) is 18.2 Å². The molecule has 0 saturated heterocycles. The minimum Gasteiger partial charge on any atom is -0.392 e. The Morgan fingerprint density at radius 1 is 0.920 bits per heavy atom. The second-order valence-corrected chi connectivity index (χ2v) is 7.13. The molecule has 0 radical (unpaired) electrons. The zero-order valence-electron chi connectivity index (χ0n) is 14.8. The lowest BCUT2D eigenvalue weighted by Gasteiger charge is -2.32. The van der Waals surface area contributed by atoms with Crippen LogP contribution in [0.25, 0.3) is 0 Å². The molecule has 0 atom stereocenters. The highest BCUT2D eigenvalue weighted by Gasteiger charge is 2.21. The van der Waals surface area contributed by atoms with Crippen LogP contribution < -0.4 is 0 Å². The van der Waals surface area contributed by atoms with Crippen molar-refractivity contribution in [2.45, 2.75) is 38.7 Å². The molecule has 0 bridgehead atoms. The quantitative estimate of drug-likeness (QED) is 0.739. The van der Waals surface area contributed by atoms with Crippen molar-refractivity contribution >= 4 is 0 Å². The molecule has 1 saturated carbocycles. The van der Waals surface area contributed by atoms with Crippen molar-refractivity contribution in [2.24, 2.45) is 5.92 Å². The van der Waals surface area contributed by atoms with Gasteiger partial charge in [0.25, 0.3) is 0 Å². The molecule has 2 aromatic rings. The van der Waals surface area contributed by atoms with Crippen molar-refractivity contribution in [1.82, 2.24) is 4.90 Å². The Bertz CT molecular complexity index is 654. The summed E-state index contributed by atoms with van der Waals surface area (Å²) in [6.45, 7) is 2.77. The molecule has 0 spiro atoms. The maximum absolute atomic E-state index is 14.3. The van der Waals surface area contributed by atoms with Crippen LogP contribution in [0.2, 0.25) is 0 Å². The fourth-order valence-electron chi connectivity index (χ4n) is 3.49. The molecule has 0 aliphatic heterocycles. The molecule has 3 heteroatoms. The van der Waals surface area contributed by atoms with E-state index in [9.17, 15) is 9.50 Å². The van der Waals surface area contributed by atoms with E-state index < -0.39 is 0 Å². The minimum atomic E-state index is -0.239. The Labute approximate surface area is 150 Å². The monoisotopic (exact) mass is 341 g/mol. The van der Waals surface area contributed by atoms with Gasteiger partial charge in [-0.2, -0.15) is 0 Å². The number of aliphatic hydroxyl groups excluding tert-OH is 1. The number of nitrogens with zero attached hydrogens (tertiary/aromatic N) is 1. The maximum Gasteiger partial charge on any atom is 0.131 e. The SMILES string of the molecule is OCc1cccc(CCN(CCc2ccccc2)CC2CCC2)c1F. The van der Waals surface area contributed by atoms with Gasteiger partial charge in [0, 0.05) is 25.2 Å². The third kappa shape index (κ3) is 5.13. The summed E-state index contributed by atoms with van der Waals surface area (Å²) in [5.74, 6) is 0.570. The van der Waals surface area contributed by atoms with Crippen LogP contribution in [0.5, 0.6) is 0 Å². The molecule has 2 aromatic carbocycles. The molecule has 134 valence electrons. The summed E-state index contributed by atoms with van der Waals surface area (Å²) < 4.78 is 14.3. The van der Waals surface area contributed by atoms with E-state index in [1.54, 1.807) is 6.07 Å². The van der Waals surface area contributed by atoms with Gasteiger partial charge in [0.05, 0.1) is 6.61 Å². The van der Waals surface area contributed by atoms with Crippen molar-refractivity contribution in [1.29, 1.82) is 0 Å². The van der Waals surface area contributed by atoms with Gasteiger partial charge in [0.2, 0.25) is 0 Å². The van der Waals surface area contributed by atoms with Gasteiger partial charge in [0.15, 0.2) is 0 Å². The normalized spacial score (nSPS) is 14.7. The summed E-state index contributed by atoms with van der Waals surface area (Å²) in [6.07, 6.45) is 5.74. The summed E-state index contributed by atoms with van der Waals surface area (Å²) in [4.78, 5) is 2.49. The van der Waals surface area contributed by atoms with Gasteiger partial charge < -0.3 is 10.0 Å². The Kier molecular flexibility index (Phi) is 6.60. The van der Waals surface area contributed by atoms with Crippen molar-refractivity contribution in [3.05, 3.63) is 71.0 Å². The number of hydrogen-bond donors (Lipinski definition) is 1. The van der Waals surface area contributed by atoms with Gasteiger partial charge >= 0.3 is 0 Å². The molecule has 0 amide bonds. The Morgan fingerprint density at radius 3 is 2.32 bits per heavy atom. The molecule has 2 nitrogen and oxygen atoms in total. The fraction of sp³-hybridized carbons (Fsp3) is 0.455. The molecule has 0 unspecified atom stereocenters. The summed E-state index contributed by atoms with van der Waals surface area (Å²) >= 11 is 0. The molecule has 1 aliphatic carbocycles. The molecular weight excluding hydrogens is 313 g/mol. The van der Waals surface area contributed by atoms with E-state index in [0.29, 0.717) is 17.5 Å². The van der Waals surface area contributed by atoms with Crippen molar-refractivity contribution in [2.75, 3.05) is 19.6 Å². The summed E-state index contributed by atoms with van der Waals surface area (Å²) in [5, 5.41) is 9.24. The van der Waals surface area contributed by atoms with Crippen LogP contribution in [0.4, 0.5) is 4.39 Å². The van der Waals surface area contributed by atoms with Gasteiger partial charge in [-0.1, -0.05) is 55.0 Å². The van der Waals surface area contributed by atoms with Gasteiger partial charge in [0.1, 0.15) is 5.82 Å². The minimum absolute atomic E-state index is 0.237. The summed E-state index contributed by atoms with van der Waals surface area (Å²) in [6, 6.07) is 15.9. The van der Waals surface area contributed by atoms with Gasteiger partial charge in [-0.3, -0.25) is 0 Å². The average molecular weight is 341 g/mol. The second-order valence-electron chi connectivity index (χ2n) is 7.13. The van der Waals surface area contributed by atoms with Crippen LogP contribution in [-0.2, 0) is 19.4 Å². The van der Waals surface area contributed by atoms with Crippen LogP contribution in [0, 0.1) is 11.7 Å². The molecule has 3 rings (SSSR count). The largest absolute Gasteiger partial charge is 0.392 e. The molecule has 0 aromatic heterocycles. The molecule has 1 N–H and O–H groups in total. The van der Waals surface area contributed by atoms with E-state index in [1.165, 1.54) is 24.8 Å².